The highest BCUT2D eigenvalue weighted by atomic mass is 19.1. The fourth-order valence-corrected chi connectivity index (χ4v) is 2.46. The van der Waals surface area contributed by atoms with Crippen molar-refractivity contribution in [2.45, 2.75) is 77.8 Å². The van der Waals surface area contributed by atoms with Gasteiger partial charge in [0.15, 0.2) is 0 Å². The fourth-order valence-electron chi connectivity index (χ4n) is 2.46. The van der Waals surface area contributed by atoms with Crippen LogP contribution in [-0.2, 0) is 4.79 Å². The zero-order valence-corrected chi connectivity index (χ0v) is 11.4. The molecule has 1 saturated carbocycles. The largest absolute Gasteiger partial charge is 0.299 e. The van der Waals surface area contributed by atoms with E-state index in [2.05, 4.69) is 13.8 Å². The lowest BCUT2D eigenvalue weighted by Crippen LogP contribution is -2.17. The Morgan fingerprint density at radius 1 is 1.12 bits per heavy atom. The molecular formula is C15H27FO. The first-order valence-electron chi connectivity index (χ1n) is 7.38. The second kappa shape index (κ2) is 7.84. The molecule has 0 spiro atoms. The highest BCUT2D eigenvalue weighted by Gasteiger charge is 2.45. The van der Waals surface area contributed by atoms with Gasteiger partial charge in [0.2, 0.25) is 0 Å². The summed E-state index contributed by atoms with van der Waals surface area (Å²) in [7, 11) is 0. The minimum Gasteiger partial charge on any atom is -0.299 e. The van der Waals surface area contributed by atoms with Gasteiger partial charge < -0.3 is 0 Å². The molecule has 1 aliphatic rings. The van der Waals surface area contributed by atoms with Gasteiger partial charge in [-0.25, -0.2) is 4.39 Å². The van der Waals surface area contributed by atoms with Crippen LogP contribution in [0, 0.1) is 11.8 Å². The second-order valence-corrected chi connectivity index (χ2v) is 5.45. The van der Waals surface area contributed by atoms with Crippen LogP contribution in [0.2, 0.25) is 0 Å². The molecule has 3 atom stereocenters. The van der Waals surface area contributed by atoms with E-state index < -0.39 is 6.17 Å². The normalized spacial score (nSPS) is 24.6. The predicted molar refractivity (Wildman–Crippen MR) is 69.8 cm³/mol. The minimum absolute atomic E-state index is 0.151. The van der Waals surface area contributed by atoms with Crippen LogP contribution in [0.4, 0.5) is 4.39 Å². The molecule has 0 saturated heterocycles. The van der Waals surface area contributed by atoms with E-state index in [1.54, 1.807) is 0 Å². The van der Waals surface area contributed by atoms with Crippen LogP contribution >= 0.6 is 0 Å². The number of carbonyl (C=O) groups is 1. The summed E-state index contributed by atoms with van der Waals surface area (Å²) in [5.41, 5.74) is 0. The summed E-state index contributed by atoms with van der Waals surface area (Å²) < 4.78 is 12.9. The van der Waals surface area contributed by atoms with E-state index in [1.807, 2.05) is 0 Å². The Hall–Kier alpha value is -0.400. The molecule has 3 unspecified atom stereocenters. The number of rotatable bonds is 10. The van der Waals surface area contributed by atoms with Crippen molar-refractivity contribution in [2.75, 3.05) is 0 Å². The maximum Gasteiger partial charge on any atom is 0.142 e. The standard InChI is InChI=1S/C15H27FO/c1-3-5-7-8-10-12(9-6-4-2)15(17)13-11-14(13)16/h12-14H,3-11H2,1-2H3. The summed E-state index contributed by atoms with van der Waals surface area (Å²) >= 11 is 0. The molecule has 17 heavy (non-hydrogen) atoms. The summed E-state index contributed by atoms with van der Waals surface area (Å²) in [6.45, 7) is 4.34. The third-order valence-electron chi connectivity index (χ3n) is 3.79. The summed E-state index contributed by atoms with van der Waals surface area (Å²) in [6.07, 6.45) is 8.71. The lowest BCUT2D eigenvalue weighted by atomic mass is 9.89. The molecule has 1 fully saturated rings. The van der Waals surface area contributed by atoms with Gasteiger partial charge in [-0.05, 0) is 19.3 Å². The number of alkyl halides is 1. The fraction of sp³-hybridized carbons (Fsp3) is 0.933. The first-order valence-corrected chi connectivity index (χ1v) is 7.38. The van der Waals surface area contributed by atoms with E-state index in [1.165, 1.54) is 19.3 Å². The minimum atomic E-state index is -0.817. The molecule has 0 aromatic rings. The number of unbranched alkanes of at least 4 members (excludes halogenated alkanes) is 4. The Morgan fingerprint density at radius 3 is 2.24 bits per heavy atom. The highest BCUT2D eigenvalue weighted by Crippen LogP contribution is 2.38. The monoisotopic (exact) mass is 242 g/mol. The Bertz CT molecular complexity index is 227. The van der Waals surface area contributed by atoms with Crippen LogP contribution in [0.3, 0.4) is 0 Å². The molecule has 0 radical (unpaired) electrons. The van der Waals surface area contributed by atoms with E-state index in [0.29, 0.717) is 6.42 Å². The summed E-state index contributed by atoms with van der Waals surface area (Å²) in [4.78, 5) is 12.0. The molecule has 0 amide bonds. The molecule has 0 aromatic carbocycles. The van der Waals surface area contributed by atoms with Crippen LogP contribution in [0.25, 0.3) is 0 Å². The number of hydrogen-bond acceptors (Lipinski definition) is 1. The molecule has 1 nitrogen and oxygen atoms in total. The van der Waals surface area contributed by atoms with Gasteiger partial charge in [0.1, 0.15) is 12.0 Å². The van der Waals surface area contributed by atoms with Crippen molar-refractivity contribution in [1.29, 1.82) is 0 Å². The molecule has 0 bridgehead atoms. The van der Waals surface area contributed by atoms with Crippen molar-refractivity contribution in [3.8, 4) is 0 Å². The maximum atomic E-state index is 12.9. The molecular weight excluding hydrogens is 215 g/mol. The van der Waals surface area contributed by atoms with Crippen LogP contribution in [-0.4, -0.2) is 12.0 Å². The Kier molecular flexibility index (Phi) is 6.76. The van der Waals surface area contributed by atoms with E-state index in [0.717, 1.165) is 32.1 Å². The van der Waals surface area contributed by atoms with Gasteiger partial charge in [0.05, 0.1) is 5.92 Å². The Balaban J connectivity index is 2.29. The molecule has 1 aliphatic carbocycles. The first-order chi connectivity index (χ1) is 8.20. The van der Waals surface area contributed by atoms with Crippen molar-refractivity contribution in [3.05, 3.63) is 0 Å². The van der Waals surface area contributed by atoms with Gasteiger partial charge in [-0.3, -0.25) is 4.79 Å². The predicted octanol–water partition coefficient (Wildman–Crippen LogP) is 4.69. The molecule has 1 rings (SSSR count). The summed E-state index contributed by atoms with van der Waals surface area (Å²) in [5, 5.41) is 0. The number of Topliss-reactive ketones (excluding diaryl/α,β-unsaturated/α-hetero) is 1. The lowest BCUT2D eigenvalue weighted by Gasteiger charge is -2.15. The Labute approximate surface area is 105 Å². The quantitative estimate of drug-likeness (QED) is 0.508. The summed E-state index contributed by atoms with van der Waals surface area (Å²) in [5.74, 6) is 0.142. The molecule has 0 aliphatic heterocycles. The summed E-state index contributed by atoms with van der Waals surface area (Å²) in [6, 6.07) is 0. The molecule has 0 N–H and O–H groups in total. The van der Waals surface area contributed by atoms with E-state index in [4.69, 9.17) is 0 Å². The van der Waals surface area contributed by atoms with Crippen molar-refractivity contribution >= 4 is 5.78 Å². The molecule has 100 valence electrons. The van der Waals surface area contributed by atoms with E-state index >= 15 is 0 Å². The SMILES string of the molecule is CCCCCCC(CCCC)C(=O)C1CC1F. The van der Waals surface area contributed by atoms with Gasteiger partial charge in [-0.1, -0.05) is 52.4 Å². The smallest absolute Gasteiger partial charge is 0.142 e. The third-order valence-corrected chi connectivity index (χ3v) is 3.79. The number of carbonyl (C=O) groups excluding carboxylic acids is 1. The zero-order chi connectivity index (χ0) is 12.7. The maximum absolute atomic E-state index is 12.9. The van der Waals surface area contributed by atoms with Crippen molar-refractivity contribution in [2.24, 2.45) is 11.8 Å². The van der Waals surface area contributed by atoms with Gasteiger partial charge in [0, 0.05) is 5.92 Å². The van der Waals surface area contributed by atoms with Crippen molar-refractivity contribution in [3.63, 3.8) is 0 Å². The lowest BCUT2D eigenvalue weighted by molar-refractivity contribution is -0.125. The van der Waals surface area contributed by atoms with Crippen LogP contribution in [0.15, 0.2) is 0 Å². The van der Waals surface area contributed by atoms with Gasteiger partial charge in [0.25, 0.3) is 0 Å². The third kappa shape index (κ3) is 5.18. The average Bonchev–Trinajstić information content (AvgIpc) is 3.05. The average molecular weight is 242 g/mol. The van der Waals surface area contributed by atoms with Gasteiger partial charge in [-0.2, -0.15) is 0 Å². The van der Waals surface area contributed by atoms with Crippen molar-refractivity contribution < 1.29 is 9.18 Å². The van der Waals surface area contributed by atoms with Crippen molar-refractivity contribution in [1.82, 2.24) is 0 Å². The molecule has 0 aromatic heterocycles. The Morgan fingerprint density at radius 2 is 1.71 bits per heavy atom. The number of halogens is 1. The van der Waals surface area contributed by atoms with Crippen LogP contribution in [0.1, 0.15) is 71.6 Å². The molecule has 0 heterocycles. The number of ketones is 1. The second-order valence-electron chi connectivity index (χ2n) is 5.45. The number of hydrogen-bond donors (Lipinski definition) is 0. The van der Waals surface area contributed by atoms with Gasteiger partial charge >= 0.3 is 0 Å². The highest BCUT2D eigenvalue weighted by molar-refractivity contribution is 5.86. The first kappa shape index (κ1) is 14.7. The van der Waals surface area contributed by atoms with Crippen LogP contribution < -0.4 is 0 Å². The van der Waals surface area contributed by atoms with Gasteiger partial charge in [-0.15, -0.1) is 0 Å². The zero-order valence-electron chi connectivity index (χ0n) is 11.4. The topological polar surface area (TPSA) is 17.1 Å². The molecule has 2 heteroatoms. The van der Waals surface area contributed by atoms with E-state index in [-0.39, 0.29) is 17.6 Å². The van der Waals surface area contributed by atoms with Crippen LogP contribution in [0.5, 0.6) is 0 Å². The van der Waals surface area contributed by atoms with E-state index in [9.17, 15) is 9.18 Å².